The minimum absolute atomic E-state index is 0.0609. The molecule has 36 heavy (non-hydrogen) atoms. The Morgan fingerprint density at radius 2 is 1.97 bits per heavy atom. The third-order valence-electron chi connectivity index (χ3n) is 6.44. The van der Waals surface area contributed by atoms with Gasteiger partial charge in [0.15, 0.2) is 0 Å². The summed E-state index contributed by atoms with van der Waals surface area (Å²) in [6.45, 7) is 2.54. The molecule has 0 bridgehead atoms. The number of likely N-dealkylation sites (tertiary alicyclic amines) is 1. The molecule has 4 heterocycles. The minimum atomic E-state index is -0.0920. The van der Waals surface area contributed by atoms with Gasteiger partial charge in [-0.1, -0.05) is 6.07 Å². The van der Waals surface area contributed by atoms with E-state index in [1.807, 2.05) is 24.3 Å². The minimum Gasteiger partial charge on any atom is -0.489 e. The summed E-state index contributed by atoms with van der Waals surface area (Å²) < 4.78 is 16.7. The van der Waals surface area contributed by atoms with Crippen molar-refractivity contribution in [1.82, 2.24) is 19.9 Å². The van der Waals surface area contributed by atoms with E-state index in [9.17, 15) is 10.1 Å². The molecule has 9 heteroatoms. The summed E-state index contributed by atoms with van der Waals surface area (Å²) in [6, 6.07) is 13.2. The lowest BCUT2D eigenvalue weighted by Gasteiger charge is -2.37. The van der Waals surface area contributed by atoms with E-state index in [1.54, 1.807) is 36.5 Å². The summed E-state index contributed by atoms with van der Waals surface area (Å²) in [7, 11) is 1.65. The summed E-state index contributed by atoms with van der Waals surface area (Å²) in [5, 5.41) is 9.68. The zero-order valence-electron chi connectivity index (χ0n) is 20.1. The molecule has 2 aliphatic rings. The van der Waals surface area contributed by atoms with Crippen molar-refractivity contribution >= 4 is 5.91 Å². The Morgan fingerprint density at radius 1 is 1.14 bits per heavy atom. The second-order valence-corrected chi connectivity index (χ2v) is 8.91. The second-order valence-electron chi connectivity index (χ2n) is 8.91. The van der Waals surface area contributed by atoms with Gasteiger partial charge in [0.05, 0.1) is 30.6 Å². The van der Waals surface area contributed by atoms with Gasteiger partial charge in [-0.2, -0.15) is 5.26 Å². The Balaban J connectivity index is 1.26. The van der Waals surface area contributed by atoms with Crippen LogP contribution in [0.25, 0.3) is 11.3 Å². The molecule has 0 unspecified atom stereocenters. The molecule has 0 aliphatic carbocycles. The van der Waals surface area contributed by atoms with Crippen molar-refractivity contribution in [2.24, 2.45) is 0 Å². The molecular formula is C27H27N5O4. The largest absolute Gasteiger partial charge is 0.489 e. The Labute approximate surface area is 209 Å². The van der Waals surface area contributed by atoms with Crippen LogP contribution in [0.2, 0.25) is 0 Å². The first kappa shape index (κ1) is 23.9. The van der Waals surface area contributed by atoms with Crippen molar-refractivity contribution < 1.29 is 19.0 Å². The van der Waals surface area contributed by atoms with Gasteiger partial charge in [0.25, 0.3) is 5.91 Å². The number of benzene rings is 1. The van der Waals surface area contributed by atoms with E-state index in [2.05, 4.69) is 16.0 Å². The highest BCUT2D eigenvalue weighted by Crippen LogP contribution is 2.27. The molecule has 3 aromatic rings. The van der Waals surface area contributed by atoms with Gasteiger partial charge in [0.2, 0.25) is 0 Å². The van der Waals surface area contributed by atoms with E-state index in [4.69, 9.17) is 19.2 Å². The van der Waals surface area contributed by atoms with Crippen molar-refractivity contribution in [3.8, 4) is 23.1 Å². The number of ether oxygens (including phenoxy) is 3. The molecule has 2 aromatic heterocycles. The van der Waals surface area contributed by atoms with Crippen LogP contribution >= 0.6 is 0 Å². The summed E-state index contributed by atoms with van der Waals surface area (Å²) in [4.78, 5) is 27.6. The number of nitrogens with zero attached hydrogens (tertiary/aromatic N) is 5. The quantitative estimate of drug-likeness (QED) is 0.502. The van der Waals surface area contributed by atoms with Crippen LogP contribution in [-0.2, 0) is 15.9 Å². The van der Waals surface area contributed by atoms with Crippen molar-refractivity contribution in [3.05, 3.63) is 71.4 Å². The Morgan fingerprint density at radius 3 is 2.69 bits per heavy atom. The third-order valence-corrected chi connectivity index (χ3v) is 6.44. The van der Waals surface area contributed by atoms with Gasteiger partial charge in [-0.3, -0.25) is 9.78 Å². The number of nitriles is 1. The molecule has 1 amide bonds. The van der Waals surface area contributed by atoms with Gasteiger partial charge >= 0.3 is 0 Å². The van der Waals surface area contributed by atoms with E-state index in [0.717, 1.165) is 29.7 Å². The highest BCUT2D eigenvalue weighted by molar-refractivity contribution is 5.92. The molecule has 9 nitrogen and oxygen atoms in total. The highest BCUT2D eigenvalue weighted by Gasteiger charge is 2.31. The lowest BCUT2D eigenvalue weighted by molar-refractivity contribution is -0.0194. The van der Waals surface area contributed by atoms with E-state index in [0.29, 0.717) is 55.6 Å². The van der Waals surface area contributed by atoms with Gasteiger partial charge in [-0.15, -0.1) is 0 Å². The van der Waals surface area contributed by atoms with Gasteiger partial charge in [-0.05, 0) is 35.9 Å². The zero-order valence-corrected chi connectivity index (χ0v) is 20.1. The maximum Gasteiger partial charge on any atom is 0.272 e. The fourth-order valence-electron chi connectivity index (χ4n) is 4.25. The topological polar surface area (TPSA) is 110 Å². The van der Waals surface area contributed by atoms with Crippen LogP contribution in [0.5, 0.6) is 5.75 Å². The molecule has 0 spiro atoms. The van der Waals surface area contributed by atoms with Crippen LogP contribution in [-0.4, -0.2) is 71.4 Å². The number of carbonyl (C=O) groups excluding carboxylic acids is 1. The monoisotopic (exact) mass is 485 g/mol. The van der Waals surface area contributed by atoms with Crippen LogP contribution in [0.15, 0.2) is 48.8 Å². The molecule has 2 saturated heterocycles. The van der Waals surface area contributed by atoms with Crippen molar-refractivity contribution in [1.29, 1.82) is 5.26 Å². The maximum absolute atomic E-state index is 12.5. The lowest BCUT2D eigenvalue weighted by atomic mass is 10.1. The van der Waals surface area contributed by atoms with Crippen LogP contribution in [0.1, 0.15) is 40.3 Å². The summed E-state index contributed by atoms with van der Waals surface area (Å²) >= 11 is 0. The fourth-order valence-corrected chi connectivity index (χ4v) is 4.25. The first-order valence-electron chi connectivity index (χ1n) is 12.0. The number of hydrogen-bond acceptors (Lipinski definition) is 8. The van der Waals surface area contributed by atoms with Crippen LogP contribution in [0.4, 0.5) is 0 Å². The molecule has 1 aromatic carbocycles. The number of aromatic nitrogens is 3. The number of carbonyl (C=O) groups is 1. The predicted molar refractivity (Wildman–Crippen MR) is 130 cm³/mol. The van der Waals surface area contributed by atoms with Crippen molar-refractivity contribution in [3.63, 3.8) is 0 Å². The average Bonchev–Trinajstić information content (AvgIpc) is 2.89. The zero-order chi connectivity index (χ0) is 24.9. The standard InChI is InChI=1S/C27H27N5O4/c1-34-22-16-32(17-22)27(33)24-4-2-18(15-30-24)12-26-29-9-6-23(31-26)19-3-5-25(20(13-19)14-28)36-21-7-10-35-11-8-21/h2-6,9,13,15,21-22H,7-8,10-12,16-17H2,1H3. The first-order chi connectivity index (χ1) is 17.6. The van der Waals surface area contributed by atoms with Crippen LogP contribution in [0.3, 0.4) is 0 Å². The predicted octanol–water partition coefficient (Wildman–Crippen LogP) is 3.03. The summed E-state index contributed by atoms with van der Waals surface area (Å²) in [5.74, 6) is 1.12. The molecule has 0 atom stereocenters. The first-order valence-corrected chi connectivity index (χ1v) is 12.0. The Bertz CT molecular complexity index is 1260. The average molecular weight is 486 g/mol. The number of hydrogen-bond donors (Lipinski definition) is 0. The second kappa shape index (κ2) is 10.8. The third kappa shape index (κ3) is 5.35. The maximum atomic E-state index is 12.5. The number of pyridine rings is 1. The number of amides is 1. The van der Waals surface area contributed by atoms with Crippen molar-refractivity contribution in [2.45, 2.75) is 31.5 Å². The molecule has 0 N–H and O–H groups in total. The molecule has 2 fully saturated rings. The normalized spacial score (nSPS) is 16.3. The Hall–Kier alpha value is -3.87. The Kier molecular flexibility index (Phi) is 7.16. The van der Waals surface area contributed by atoms with E-state index < -0.39 is 0 Å². The highest BCUT2D eigenvalue weighted by atomic mass is 16.5. The molecule has 0 radical (unpaired) electrons. The van der Waals surface area contributed by atoms with Crippen LogP contribution in [0, 0.1) is 11.3 Å². The van der Waals surface area contributed by atoms with E-state index in [1.165, 1.54) is 0 Å². The fraction of sp³-hybridized carbons (Fsp3) is 0.370. The van der Waals surface area contributed by atoms with Crippen molar-refractivity contribution in [2.75, 3.05) is 33.4 Å². The summed E-state index contributed by atoms with van der Waals surface area (Å²) in [5.41, 5.74) is 3.33. The molecule has 184 valence electrons. The number of methoxy groups -OCH3 is 1. The lowest BCUT2D eigenvalue weighted by Crippen LogP contribution is -2.54. The SMILES string of the molecule is COC1CN(C(=O)c2ccc(Cc3nccc(-c4ccc(OC5CCOCC5)c(C#N)c4)n3)cn2)C1. The van der Waals surface area contributed by atoms with Gasteiger partial charge in [0, 0.05) is 57.4 Å². The molecule has 2 aliphatic heterocycles. The van der Waals surface area contributed by atoms with Gasteiger partial charge < -0.3 is 19.1 Å². The van der Waals surface area contributed by atoms with Crippen LogP contribution < -0.4 is 4.74 Å². The summed E-state index contributed by atoms with van der Waals surface area (Å²) in [6.07, 6.45) is 5.67. The molecular weight excluding hydrogens is 458 g/mol. The van der Waals surface area contributed by atoms with Gasteiger partial charge in [-0.25, -0.2) is 9.97 Å². The van der Waals surface area contributed by atoms with E-state index >= 15 is 0 Å². The molecule has 0 saturated carbocycles. The number of rotatable bonds is 7. The van der Waals surface area contributed by atoms with Gasteiger partial charge in [0.1, 0.15) is 29.4 Å². The molecule has 5 rings (SSSR count). The van der Waals surface area contributed by atoms with E-state index in [-0.39, 0.29) is 18.1 Å². The smallest absolute Gasteiger partial charge is 0.272 e.